The van der Waals surface area contributed by atoms with Crippen LogP contribution < -0.4 is 4.74 Å². The summed E-state index contributed by atoms with van der Waals surface area (Å²) in [5.41, 5.74) is 2.12. The summed E-state index contributed by atoms with van der Waals surface area (Å²) in [5.74, 6) is 2.45. The molecule has 0 saturated heterocycles. The Hall–Kier alpha value is -3.30. The molecular weight excluding hydrogens is 336 g/mol. The van der Waals surface area contributed by atoms with Crippen LogP contribution in [0.15, 0.2) is 23.0 Å². The zero-order valence-electron chi connectivity index (χ0n) is 14.9. The van der Waals surface area contributed by atoms with Crippen LogP contribution in [0.5, 0.6) is 5.88 Å². The Kier molecular flexibility index (Phi) is 3.86. The first-order chi connectivity index (χ1) is 12.5. The van der Waals surface area contributed by atoms with E-state index in [1.165, 1.54) is 0 Å². The van der Waals surface area contributed by atoms with E-state index in [-0.39, 0.29) is 12.5 Å². The van der Waals surface area contributed by atoms with E-state index in [1.807, 2.05) is 20.0 Å². The molecule has 0 aliphatic rings. The normalized spacial score (nSPS) is 11.6. The number of nitrogens with zero attached hydrogens (tertiary/aromatic N) is 8. The van der Waals surface area contributed by atoms with Crippen LogP contribution >= 0.6 is 0 Å². The van der Waals surface area contributed by atoms with Crippen LogP contribution in [0.1, 0.15) is 36.9 Å². The summed E-state index contributed by atoms with van der Waals surface area (Å²) < 4.78 is 14.3. The van der Waals surface area contributed by atoms with Crippen LogP contribution in [0.25, 0.3) is 17.2 Å². The summed E-state index contributed by atoms with van der Waals surface area (Å²) in [7, 11) is 1.81. The van der Waals surface area contributed by atoms with Gasteiger partial charge in [-0.3, -0.25) is 4.68 Å². The third kappa shape index (κ3) is 2.89. The second-order valence-electron chi connectivity index (χ2n) is 6.30. The van der Waals surface area contributed by atoms with E-state index >= 15 is 0 Å². The lowest BCUT2D eigenvalue weighted by molar-refractivity contribution is 0.275. The zero-order chi connectivity index (χ0) is 18.3. The molecule has 4 aromatic heterocycles. The molecule has 4 aromatic rings. The van der Waals surface area contributed by atoms with Crippen LogP contribution in [-0.2, 0) is 13.7 Å². The predicted octanol–water partition coefficient (Wildman–Crippen LogP) is 1.92. The molecule has 134 valence electrons. The lowest BCUT2D eigenvalue weighted by atomic mass is 10.1. The van der Waals surface area contributed by atoms with Gasteiger partial charge in [-0.25, -0.2) is 4.98 Å². The first-order valence-electron chi connectivity index (χ1n) is 8.18. The van der Waals surface area contributed by atoms with Gasteiger partial charge in [0.25, 0.3) is 0 Å². The lowest BCUT2D eigenvalue weighted by Gasteiger charge is -2.12. The highest BCUT2D eigenvalue weighted by Gasteiger charge is 2.19. The summed E-state index contributed by atoms with van der Waals surface area (Å²) in [6.45, 7) is 6.17. The van der Waals surface area contributed by atoms with Crippen molar-refractivity contribution in [3.8, 4) is 17.4 Å². The second kappa shape index (κ2) is 6.21. The molecule has 0 fully saturated rings. The molecule has 0 aromatic carbocycles. The molecule has 0 aliphatic carbocycles. The molecule has 0 unspecified atom stereocenters. The minimum Gasteiger partial charge on any atom is -0.468 e. The van der Waals surface area contributed by atoms with Gasteiger partial charge in [-0.2, -0.15) is 9.61 Å². The molecule has 0 spiro atoms. The average Bonchev–Trinajstić information content (AvgIpc) is 3.31. The van der Waals surface area contributed by atoms with Crippen molar-refractivity contribution in [1.82, 2.24) is 39.7 Å². The van der Waals surface area contributed by atoms with Crippen LogP contribution in [0.2, 0.25) is 0 Å². The summed E-state index contributed by atoms with van der Waals surface area (Å²) in [6, 6.07) is 3.70. The van der Waals surface area contributed by atoms with Gasteiger partial charge in [-0.15, -0.1) is 15.3 Å². The first-order valence-corrected chi connectivity index (χ1v) is 8.18. The van der Waals surface area contributed by atoms with Crippen molar-refractivity contribution in [3.63, 3.8) is 0 Å². The van der Waals surface area contributed by atoms with E-state index in [9.17, 15) is 0 Å². The molecule has 0 radical (unpaired) electrons. The molecular formula is C16H18N8O2. The number of hydrogen-bond donors (Lipinski definition) is 0. The molecule has 0 amide bonds. The van der Waals surface area contributed by atoms with Gasteiger partial charge in [0, 0.05) is 18.7 Å². The Bertz CT molecular complexity index is 1060. The quantitative estimate of drug-likeness (QED) is 0.535. The SMILES string of the molecule is Cc1cc(-c2nnc3cc(C(C)C)c(OCc4ncn(C)n4)nn23)no1. The van der Waals surface area contributed by atoms with Crippen molar-refractivity contribution in [2.24, 2.45) is 7.05 Å². The Labute approximate surface area is 148 Å². The third-order valence-corrected chi connectivity index (χ3v) is 3.85. The Balaban J connectivity index is 1.75. The van der Waals surface area contributed by atoms with Crippen molar-refractivity contribution in [2.75, 3.05) is 0 Å². The average molecular weight is 354 g/mol. The largest absolute Gasteiger partial charge is 0.468 e. The van der Waals surface area contributed by atoms with Gasteiger partial charge in [0.05, 0.1) is 0 Å². The van der Waals surface area contributed by atoms with Crippen molar-refractivity contribution in [2.45, 2.75) is 33.3 Å². The molecule has 0 saturated carbocycles. The highest BCUT2D eigenvalue weighted by atomic mass is 16.5. The van der Waals surface area contributed by atoms with Gasteiger partial charge in [0.15, 0.2) is 23.8 Å². The van der Waals surface area contributed by atoms with Crippen LogP contribution in [0.3, 0.4) is 0 Å². The molecule has 0 atom stereocenters. The van der Waals surface area contributed by atoms with E-state index in [1.54, 1.807) is 21.6 Å². The molecule has 0 aliphatic heterocycles. The zero-order valence-corrected chi connectivity index (χ0v) is 14.9. The van der Waals surface area contributed by atoms with Crippen LogP contribution in [0, 0.1) is 6.92 Å². The van der Waals surface area contributed by atoms with E-state index < -0.39 is 0 Å². The maximum absolute atomic E-state index is 5.90. The molecule has 26 heavy (non-hydrogen) atoms. The fourth-order valence-electron chi connectivity index (χ4n) is 2.57. The van der Waals surface area contributed by atoms with E-state index in [0.29, 0.717) is 34.6 Å². The fraction of sp³-hybridized carbons (Fsp3) is 0.375. The number of fused-ring (bicyclic) bond motifs is 1. The molecule has 0 bridgehead atoms. The maximum Gasteiger partial charge on any atom is 0.235 e. The van der Waals surface area contributed by atoms with Gasteiger partial charge in [0.1, 0.15) is 12.1 Å². The fourth-order valence-corrected chi connectivity index (χ4v) is 2.57. The van der Waals surface area contributed by atoms with Crippen molar-refractivity contribution in [1.29, 1.82) is 0 Å². The van der Waals surface area contributed by atoms with Crippen molar-refractivity contribution in [3.05, 3.63) is 35.6 Å². The van der Waals surface area contributed by atoms with E-state index in [4.69, 9.17) is 9.26 Å². The summed E-state index contributed by atoms with van der Waals surface area (Å²) in [5, 5.41) is 21.2. The number of rotatable bonds is 5. The van der Waals surface area contributed by atoms with Crippen molar-refractivity contribution >= 4 is 5.65 Å². The highest BCUT2D eigenvalue weighted by Crippen LogP contribution is 2.27. The van der Waals surface area contributed by atoms with Gasteiger partial charge < -0.3 is 9.26 Å². The predicted molar refractivity (Wildman–Crippen MR) is 90.4 cm³/mol. The first kappa shape index (κ1) is 16.2. The lowest BCUT2D eigenvalue weighted by Crippen LogP contribution is -2.07. The molecule has 4 heterocycles. The summed E-state index contributed by atoms with van der Waals surface area (Å²) in [6.07, 6.45) is 1.63. The van der Waals surface area contributed by atoms with Gasteiger partial charge in [-0.1, -0.05) is 19.0 Å². The number of aryl methyl sites for hydroxylation is 2. The molecule has 10 heteroatoms. The molecule has 10 nitrogen and oxygen atoms in total. The van der Waals surface area contributed by atoms with E-state index in [2.05, 4.69) is 44.4 Å². The Morgan fingerprint density at radius 3 is 2.69 bits per heavy atom. The van der Waals surface area contributed by atoms with Crippen LogP contribution in [0.4, 0.5) is 0 Å². The van der Waals surface area contributed by atoms with Crippen LogP contribution in [-0.4, -0.2) is 39.7 Å². The minimum atomic E-state index is 0.202. The molecule has 4 rings (SSSR count). The standard InChI is InChI=1S/C16H18N8O2/c1-9(2)11-6-14-18-19-15(12-5-10(3)26-22-12)24(14)21-16(11)25-7-13-17-8-23(4)20-13/h5-6,8-9H,7H2,1-4H3. The monoisotopic (exact) mass is 354 g/mol. The highest BCUT2D eigenvalue weighted by molar-refractivity contribution is 5.55. The smallest absolute Gasteiger partial charge is 0.235 e. The minimum absolute atomic E-state index is 0.202. The number of aromatic nitrogens is 8. The summed E-state index contributed by atoms with van der Waals surface area (Å²) in [4.78, 5) is 4.17. The van der Waals surface area contributed by atoms with Gasteiger partial charge in [0.2, 0.25) is 11.7 Å². The van der Waals surface area contributed by atoms with Gasteiger partial charge in [-0.05, 0) is 18.9 Å². The van der Waals surface area contributed by atoms with Gasteiger partial charge >= 0.3 is 0 Å². The van der Waals surface area contributed by atoms with E-state index in [0.717, 1.165) is 5.56 Å². The number of hydrogen-bond acceptors (Lipinski definition) is 8. The summed E-state index contributed by atoms with van der Waals surface area (Å²) >= 11 is 0. The number of ether oxygens (including phenoxy) is 1. The Morgan fingerprint density at radius 2 is 2.04 bits per heavy atom. The van der Waals surface area contributed by atoms with Crippen molar-refractivity contribution < 1.29 is 9.26 Å². The molecule has 0 N–H and O–H groups in total. The topological polar surface area (TPSA) is 109 Å². The third-order valence-electron chi connectivity index (χ3n) is 3.85. The second-order valence-corrected chi connectivity index (χ2v) is 6.30. The maximum atomic E-state index is 5.90. The Morgan fingerprint density at radius 1 is 1.19 bits per heavy atom.